The van der Waals surface area contributed by atoms with Crippen LogP contribution in [0.3, 0.4) is 0 Å². The lowest BCUT2D eigenvalue weighted by molar-refractivity contribution is -0.141. The van der Waals surface area contributed by atoms with E-state index in [-0.39, 0.29) is 42.6 Å². The highest BCUT2D eigenvalue weighted by Gasteiger charge is 2.28. The quantitative estimate of drug-likeness (QED) is 0.0804. The number of hydrogen-bond donors (Lipinski definition) is 1. The highest BCUT2D eigenvalue weighted by atomic mass is 36.0. The van der Waals surface area contributed by atoms with Gasteiger partial charge in [0.1, 0.15) is 0 Å². The highest BCUT2D eigenvalue weighted by Crippen LogP contribution is 2.35. The molecule has 1 aliphatic rings. The standard InChI is InChI=1S/C20H18O2.C20H16O.C20H6.2CH2Cl2.CH4.Al.Cl2OS.3ClH.H2O.5H2/c1-14(20(21)22)11-15-7-8-17-9-10-18(13-19(17)12-15)16-5-3-2-4-6-16;1-13-11-17-10-8-15-7-9-16(14-5-3-2-4-6-14)12-18(15)19(17)20(13)21;1-3-5-7-9-11-13-15-17-19-20-18-16-14-12-10-8-6-4-2;2*2-1-3;;;1-4(2)3;;;;;;;;;/h2-10,12-14H,11H2,1H3,(H,21,22);2-10,12-13H,11H2,1H3;1-2H3;2*1H2;1H4;;;3*1H;1H2;5*1H/q;;;;;;+3;;;;;;;;;;/p-3. The molecule has 0 saturated heterocycles. The van der Waals surface area contributed by atoms with Crippen LogP contribution in [0.15, 0.2) is 127 Å². The first-order valence-electron chi connectivity index (χ1n) is 22.3. The van der Waals surface area contributed by atoms with Gasteiger partial charge < -0.3 is 10.6 Å². The monoisotopic (exact) mass is 1270 g/mol. The molecule has 0 radical (unpaired) electrons. The maximum Gasteiger partial charge on any atom is 0.643 e. The van der Waals surface area contributed by atoms with Crippen molar-refractivity contribution < 1.29 is 31.5 Å². The number of hydrogen-bond acceptors (Lipinski definition) is 3. The third-order valence-electron chi connectivity index (χ3n) is 9.60. The third-order valence-corrected chi connectivity index (χ3v) is 9.60. The molecule has 1 aliphatic carbocycles. The summed E-state index contributed by atoms with van der Waals surface area (Å²) in [5, 5.41) is 14.0. The number of carboxylic acids is 1. The molecule has 2 unspecified atom stereocenters. The summed E-state index contributed by atoms with van der Waals surface area (Å²) in [6, 6.07) is 43.8. The molecular formula is C63H60AlCl9O5S. The summed E-state index contributed by atoms with van der Waals surface area (Å²) in [5.74, 6) is 44.9. The number of ketones is 1. The van der Waals surface area contributed by atoms with Gasteiger partial charge in [0.15, 0.2) is 5.78 Å². The number of fused-ring (bicyclic) bond motifs is 4. The fourth-order valence-electron chi connectivity index (χ4n) is 6.54. The van der Waals surface area contributed by atoms with Crippen molar-refractivity contribution in [3.8, 4) is 129 Å². The Kier molecular flexibility index (Phi) is 44.9. The molecule has 79 heavy (non-hydrogen) atoms. The fourth-order valence-corrected chi connectivity index (χ4v) is 6.54. The number of aliphatic carboxylic acids is 1. The Morgan fingerprint density at radius 2 is 0.949 bits per heavy atom. The Balaban J connectivity index is -0.000000183. The van der Waals surface area contributed by atoms with E-state index in [1.54, 1.807) is 20.8 Å². The van der Waals surface area contributed by atoms with Gasteiger partial charge >= 0.3 is 17.4 Å². The van der Waals surface area contributed by atoms with Crippen LogP contribution in [0.1, 0.15) is 63.7 Å². The molecule has 0 aliphatic heterocycles. The Morgan fingerprint density at radius 1 is 0.595 bits per heavy atom. The maximum atomic E-state index is 12.5. The number of carboxylic acid groups (broad SMARTS) is 1. The Labute approximate surface area is 522 Å². The molecule has 0 amide bonds. The van der Waals surface area contributed by atoms with Gasteiger partial charge in [-0.15, -0.1) is 46.4 Å². The van der Waals surface area contributed by atoms with E-state index in [9.17, 15) is 9.59 Å². The van der Waals surface area contributed by atoms with Gasteiger partial charge in [-0.1, -0.05) is 148 Å². The van der Waals surface area contributed by atoms with Gasteiger partial charge in [0, 0.05) is 40.0 Å². The molecule has 414 valence electrons. The molecule has 6 aromatic rings. The fraction of sp³-hybridized carbons (Fsp3) is 0.175. The average Bonchev–Trinajstić information content (AvgIpc) is 3.71. The predicted octanol–water partition coefficient (Wildman–Crippen LogP) is 17.3. The molecule has 16 heteroatoms. The summed E-state index contributed by atoms with van der Waals surface area (Å²) >= 11 is 17.3. The van der Waals surface area contributed by atoms with Crippen LogP contribution < -0.4 is 0 Å². The number of Topliss-reactive ketones (excluding diaryl/α,β-unsaturated/α-hetero) is 1. The smallest absolute Gasteiger partial charge is 0.481 e. The Bertz CT molecular complexity index is 3470. The molecule has 2 atom stereocenters. The van der Waals surface area contributed by atoms with Crippen molar-refractivity contribution in [2.45, 2.75) is 48.0 Å². The van der Waals surface area contributed by atoms with Gasteiger partial charge in [0.25, 0.3) is 0 Å². The molecule has 0 aromatic heterocycles. The molecule has 0 fully saturated rings. The van der Waals surface area contributed by atoms with Crippen molar-refractivity contribution in [2.24, 2.45) is 11.8 Å². The second-order valence-corrected chi connectivity index (χ2v) is 25.3. The van der Waals surface area contributed by atoms with E-state index in [0.29, 0.717) is 12.2 Å². The van der Waals surface area contributed by atoms with Gasteiger partial charge in [-0.3, -0.25) is 9.59 Å². The summed E-state index contributed by atoms with van der Waals surface area (Å²) in [6.45, 7) is 7.17. The molecule has 0 heterocycles. The van der Waals surface area contributed by atoms with Gasteiger partial charge in [-0.25, -0.2) is 34.4 Å². The SMILES string of the molecule is C.CC#CC#CC#CC#CC#CC#CC#CC#CC#CC.CC(Cc1ccc2ccc(-c3ccccc3)cc2c1)C(=O)O.CC1Cc2ccc3ccc(-c4ccccc4)cc3c2C1=O.ClCCl.ClCCl.O.O=S(Cl)Cl.[Cl][Al]([Cl])[Cl].[HH].[HH].[HH].[HH].[HH]. The van der Waals surface area contributed by atoms with Crippen LogP contribution in [0, 0.1) is 118 Å². The lowest BCUT2D eigenvalue weighted by Crippen LogP contribution is -2.12. The largest absolute Gasteiger partial charge is 0.643 e. The number of rotatable bonds is 5. The lowest BCUT2D eigenvalue weighted by atomic mass is 9.96. The van der Waals surface area contributed by atoms with Crippen molar-refractivity contribution in [1.82, 2.24) is 0 Å². The van der Waals surface area contributed by atoms with Crippen LogP contribution in [0.25, 0.3) is 43.8 Å². The topological polar surface area (TPSA) is 103 Å². The number of halogens is 9. The highest BCUT2D eigenvalue weighted by molar-refractivity contribution is 8.26. The van der Waals surface area contributed by atoms with Gasteiger partial charge in [0.05, 0.1) is 16.6 Å². The van der Waals surface area contributed by atoms with E-state index in [1.807, 2.05) is 49.4 Å². The summed E-state index contributed by atoms with van der Waals surface area (Å²) in [4.78, 5) is 23.5. The van der Waals surface area contributed by atoms with Crippen LogP contribution in [0.5, 0.6) is 0 Å². The first-order valence-corrected chi connectivity index (χ1v) is 32.5. The summed E-state index contributed by atoms with van der Waals surface area (Å²) in [7, 11) is 22.2. The molecule has 0 bridgehead atoms. The normalized spacial score (nSPS) is 10.2. The van der Waals surface area contributed by atoms with Crippen molar-refractivity contribution in [3.05, 3.63) is 144 Å². The zero-order valence-electron chi connectivity index (χ0n) is 42.2. The van der Waals surface area contributed by atoms with Gasteiger partial charge in [-0.2, -0.15) is 0 Å². The first-order chi connectivity index (χ1) is 37.1. The van der Waals surface area contributed by atoms with E-state index < -0.39 is 26.6 Å². The summed E-state index contributed by atoms with van der Waals surface area (Å²) in [6.07, 6.45) is 1.43. The Hall–Kier alpha value is -5.73. The second-order valence-electron chi connectivity index (χ2n) is 14.7. The Morgan fingerprint density at radius 3 is 1.34 bits per heavy atom. The summed E-state index contributed by atoms with van der Waals surface area (Å²) < 4.78 is 9.09. The van der Waals surface area contributed by atoms with E-state index >= 15 is 0 Å². The van der Waals surface area contributed by atoms with E-state index in [2.05, 4.69) is 213 Å². The lowest BCUT2D eigenvalue weighted by Gasteiger charge is -2.09. The third kappa shape index (κ3) is 33.5. The van der Waals surface area contributed by atoms with Crippen molar-refractivity contribution in [2.75, 3.05) is 10.7 Å². The summed E-state index contributed by atoms with van der Waals surface area (Å²) in [5.41, 5.74) is 7.93. The van der Waals surface area contributed by atoms with Crippen molar-refractivity contribution in [1.29, 1.82) is 0 Å². The van der Waals surface area contributed by atoms with E-state index in [1.165, 1.54) is 33.2 Å². The van der Waals surface area contributed by atoms with Gasteiger partial charge in [0.2, 0.25) is 9.23 Å². The van der Waals surface area contributed by atoms with Gasteiger partial charge in [-0.05, 0) is 188 Å². The molecule has 0 spiro atoms. The predicted molar refractivity (Wildman–Crippen MR) is 355 cm³/mol. The molecule has 6 aromatic carbocycles. The number of carbonyl (C=O) groups excluding carboxylic acids is 1. The molecule has 7 rings (SSSR count). The van der Waals surface area contributed by atoms with Crippen molar-refractivity contribution in [3.63, 3.8) is 0 Å². The van der Waals surface area contributed by atoms with Crippen molar-refractivity contribution >= 4 is 152 Å². The first kappa shape index (κ1) is 75.3. The van der Waals surface area contributed by atoms with Crippen LogP contribution in [-0.4, -0.2) is 48.6 Å². The molecule has 3 N–H and O–H groups in total. The van der Waals surface area contributed by atoms with Crippen LogP contribution in [0.4, 0.5) is 0 Å². The average molecular weight is 1280 g/mol. The van der Waals surface area contributed by atoms with Crippen LogP contribution >= 0.6 is 97.9 Å². The van der Waals surface area contributed by atoms with E-state index in [4.69, 9.17) is 85.9 Å². The number of benzene rings is 6. The minimum atomic E-state index is -1.72. The van der Waals surface area contributed by atoms with Crippen LogP contribution in [0.2, 0.25) is 0 Å². The second kappa shape index (κ2) is 47.1. The minimum Gasteiger partial charge on any atom is -0.481 e. The zero-order chi connectivity index (χ0) is 57.2. The molecule has 5 nitrogen and oxygen atoms in total. The zero-order valence-corrected chi connectivity index (χ0v) is 50.9. The molecule has 0 saturated carbocycles. The number of alkyl halides is 4. The van der Waals surface area contributed by atoms with Crippen LogP contribution in [-0.2, 0) is 26.9 Å². The molecular weight excluding hydrogens is 1210 g/mol. The number of carbonyl (C=O) groups is 2. The minimum absolute atomic E-state index is 0. The van der Waals surface area contributed by atoms with E-state index in [0.717, 1.165) is 33.7 Å². The maximum absolute atomic E-state index is 12.5.